The van der Waals surface area contributed by atoms with Crippen LogP contribution < -0.4 is 5.32 Å². The van der Waals surface area contributed by atoms with E-state index in [2.05, 4.69) is 10.5 Å². The fraction of sp³-hybridized carbons (Fsp3) is 0.312. The van der Waals surface area contributed by atoms with Gasteiger partial charge in [0, 0.05) is 31.8 Å². The molecule has 1 aliphatic rings. The van der Waals surface area contributed by atoms with Crippen LogP contribution in [0, 0.1) is 0 Å². The molecule has 1 aromatic carbocycles. The Kier molecular flexibility index (Phi) is 4.71. The summed E-state index contributed by atoms with van der Waals surface area (Å²) in [4.78, 5) is 26.8. The largest absolute Gasteiger partial charge is 0.359 e. The van der Waals surface area contributed by atoms with Crippen molar-refractivity contribution in [2.24, 2.45) is 0 Å². The first-order valence-electron chi connectivity index (χ1n) is 7.52. The van der Waals surface area contributed by atoms with Crippen molar-refractivity contribution in [3.05, 3.63) is 41.1 Å². The summed E-state index contributed by atoms with van der Waals surface area (Å²) in [7, 11) is 1.71. The number of urea groups is 1. The van der Waals surface area contributed by atoms with Gasteiger partial charge in [-0.25, -0.2) is 4.79 Å². The van der Waals surface area contributed by atoms with Crippen LogP contribution in [0.15, 0.2) is 34.9 Å². The van der Waals surface area contributed by atoms with Crippen LogP contribution in [0.3, 0.4) is 0 Å². The number of aromatic nitrogens is 1. The van der Waals surface area contributed by atoms with Crippen molar-refractivity contribution in [1.82, 2.24) is 20.3 Å². The van der Waals surface area contributed by atoms with Crippen molar-refractivity contribution < 1.29 is 14.1 Å². The van der Waals surface area contributed by atoms with Crippen LogP contribution in [0.4, 0.5) is 4.79 Å². The van der Waals surface area contributed by atoms with Crippen LogP contribution in [0.2, 0.25) is 5.02 Å². The van der Waals surface area contributed by atoms with E-state index in [1.165, 1.54) is 4.90 Å². The summed E-state index contributed by atoms with van der Waals surface area (Å²) in [6.45, 7) is 1.43. The standard InChI is InChI=1S/C16H17ClN4O3/c1-20-6-7-21(16(20)23)10-15(22)18-9-11-8-14(19-24-11)12-4-2-3-5-13(12)17/h2-5,8H,6-7,9-10H2,1H3,(H,18,22). The van der Waals surface area contributed by atoms with E-state index in [4.69, 9.17) is 16.1 Å². The minimum atomic E-state index is -0.241. The van der Waals surface area contributed by atoms with Crippen molar-refractivity contribution in [3.8, 4) is 11.3 Å². The van der Waals surface area contributed by atoms with E-state index in [1.807, 2.05) is 18.2 Å². The summed E-state index contributed by atoms with van der Waals surface area (Å²) in [6, 6.07) is 8.92. The number of carbonyl (C=O) groups is 2. The highest BCUT2D eigenvalue weighted by Gasteiger charge is 2.26. The van der Waals surface area contributed by atoms with Crippen LogP contribution in [0.5, 0.6) is 0 Å². The van der Waals surface area contributed by atoms with E-state index < -0.39 is 0 Å². The Morgan fingerprint density at radius 2 is 2.17 bits per heavy atom. The summed E-state index contributed by atoms with van der Waals surface area (Å²) in [5, 5.41) is 7.27. The predicted molar refractivity (Wildman–Crippen MR) is 88.4 cm³/mol. The number of carbonyl (C=O) groups excluding carboxylic acids is 2. The molecule has 1 saturated heterocycles. The second-order valence-corrected chi connectivity index (χ2v) is 5.97. The first-order valence-corrected chi connectivity index (χ1v) is 7.89. The Hall–Kier alpha value is -2.54. The van der Waals surface area contributed by atoms with Crippen LogP contribution in [0.1, 0.15) is 5.76 Å². The van der Waals surface area contributed by atoms with Crippen molar-refractivity contribution in [1.29, 1.82) is 0 Å². The number of halogens is 1. The Labute approximate surface area is 144 Å². The highest BCUT2D eigenvalue weighted by molar-refractivity contribution is 6.33. The normalized spacial score (nSPS) is 14.3. The summed E-state index contributed by atoms with van der Waals surface area (Å²) in [5.74, 6) is 0.275. The second-order valence-electron chi connectivity index (χ2n) is 5.56. The SMILES string of the molecule is CN1CCN(CC(=O)NCc2cc(-c3ccccc3Cl)no2)C1=O. The lowest BCUT2D eigenvalue weighted by Crippen LogP contribution is -2.39. The quantitative estimate of drug-likeness (QED) is 0.896. The molecule has 0 saturated carbocycles. The molecule has 1 fully saturated rings. The molecule has 2 heterocycles. The third-order valence-electron chi connectivity index (χ3n) is 3.81. The van der Waals surface area contributed by atoms with E-state index in [1.54, 1.807) is 24.1 Å². The molecule has 1 N–H and O–H groups in total. The molecule has 1 aliphatic heterocycles. The van der Waals surface area contributed by atoms with Crippen molar-refractivity contribution >= 4 is 23.5 Å². The van der Waals surface area contributed by atoms with Crippen molar-refractivity contribution in [3.63, 3.8) is 0 Å². The zero-order valence-electron chi connectivity index (χ0n) is 13.2. The van der Waals surface area contributed by atoms with Gasteiger partial charge >= 0.3 is 6.03 Å². The lowest BCUT2D eigenvalue weighted by molar-refractivity contribution is -0.121. The maximum atomic E-state index is 11.9. The highest BCUT2D eigenvalue weighted by Crippen LogP contribution is 2.26. The summed E-state index contributed by atoms with van der Waals surface area (Å²) >= 11 is 6.12. The molecule has 0 bridgehead atoms. The molecule has 0 atom stereocenters. The molecular formula is C16H17ClN4O3. The highest BCUT2D eigenvalue weighted by atomic mass is 35.5. The molecule has 24 heavy (non-hydrogen) atoms. The predicted octanol–water partition coefficient (Wildman–Crippen LogP) is 1.98. The van der Waals surface area contributed by atoms with Crippen molar-refractivity contribution in [2.75, 3.05) is 26.7 Å². The minimum absolute atomic E-state index is 0.0364. The molecule has 126 valence electrons. The average molecular weight is 349 g/mol. The van der Waals surface area contributed by atoms with Crippen LogP contribution in [-0.4, -0.2) is 53.6 Å². The van der Waals surface area contributed by atoms with Gasteiger partial charge in [0.1, 0.15) is 12.2 Å². The molecule has 3 rings (SSSR count). The molecule has 2 aromatic rings. The molecule has 0 aliphatic carbocycles. The minimum Gasteiger partial charge on any atom is -0.359 e. The Morgan fingerprint density at radius 1 is 1.38 bits per heavy atom. The zero-order valence-corrected chi connectivity index (χ0v) is 13.9. The molecule has 7 nitrogen and oxygen atoms in total. The molecule has 3 amide bonds. The van der Waals surface area contributed by atoms with Gasteiger partial charge in [-0.1, -0.05) is 35.0 Å². The maximum absolute atomic E-state index is 11.9. The van der Waals surface area contributed by atoms with Gasteiger partial charge in [-0.05, 0) is 6.07 Å². The Balaban J connectivity index is 1.55. The van der Waals surface area contributed by atoms with Gasteiger partial charge in [0.05, 0.1) is 11.6 Å². The smallest absolute Gasteiger partial charge is 0.320 e. The van der Waals surface area contributed by atoms with E-state index in [9.17, 15) is 9.59 Å². The Bertz CT molecular complexity index is 761. The Morgan fingerprint density at radius 3 is 2.88 bits per heavy atom. The van der Waals surface area contributed by atoms with Gasteiger partial charge in [0.25, 0.3) is 0 Å². The van der Waals surface area contributed by atoms with E-state index in [0.29, 0.717) is 29.6 Å². The van der Waals surface area contributed by atoms with E-state index in [0.717, 1.165) is 5.56 Å². The number of hydrogen-bond acceptors (Lipinski definition) is 4. The number of nitrogens with zero attached hydrogens (tertiary/aromatic N) is 3. The van der Waals surface area contributed by atoms with Gasteiger partial charge in [0.15, 0.2) is 5.76 Å². The van der Waals surface area contributed by atoms with Gasteiger partial charge < -0.3 is 19.6 Å². The average Bonchev–Trinajstić information content (AvgIpc) is 3.16. The monoisotopic (exact) mass is 348 g/mol. The number of nitrogens with one attached hydrogen (secondary N) is 1. The van der Waals surface area contributed by atoms with E-state index in [-0.39, 0.29) is 25.0 Å². The number of benzene rings is 1. The molecular weight excluding hydrogens is 332 g/mol. The van der Waals surface area contributed by atoms with Gasteiger partial charge in [-0.15, -0.1) is 0 Å². The fourth-order valence-corrected chi connectivity index (χ4v) is 2.69. The first kappa shape index (κ1) is 16.3. The van der Waals surface area contributed by atoms with Crippen LogP contribution in [-0.2, 0) is 11.3 Å². The zero-order chi connectivity index (χ0) is 17.1. The fourth-order valence-electron chi connectivity index (χ4n) is 2.46. The lowest BCUT2D eigenvalue weighted by atomic mass is 10.1. The number of hydrogen-bond donors (Lipinski definition) is 1. The van der Waals surface area contributed by atoms with Gasteiger partial charge in [0.2, 0.25) is 5.91 Å². The van der Waals surface area contributed by atoms with Gasteiger partial charge in [-0.2, -0.15) is 0 Å². The number of likely N-dealkylation sites (N-methyl/N-ethyl adjacent to an activating group) is 1. The number of amides is 3. The molecule has 0 spiro atoms. The molecule has 1 aromatic heterocycles. The lowest BCUT2D eigenvalue weighted by Gasteiger charge is -2.14. The molecule has 0 radical (unpaired) electrons. The van der Waals surface area contributed by atoms with Crippen LogP contribution >= 0.6 is 11.6 Å². The first-order chi connectivity index (χ1) is 11.5. The third-order valence-corrected chi connectivity index (χ3v) is 4.14. The third kappa shape index (κ3) is 3.51. The number of rotatable bonds is 5. The van der Waals surface area contributed by atoms with E-state index >= 15 is 0 Å². The molecule has 0 unspecified atom stereocenters. The maximum Gasteiger partial charge on any atom is 0.320 e. The summed E-state index contributed by atoms with van der Waals surface area (Å²) < 4.78 is 5.22. The summed E-state index contributed by atoms with van der Waals surface area (Å²) in [5.41, 5.74) is 1.38. The molecule has 8 heteroatoms. The topological polar surface area (TPSA) is 78.7 Å². The summed E-state index contributed by atoms with van der Waals surface area (Å²) in [6.07, 6.45) is 0. The van der Waals surface area contributed by atoms with Crippen LogP contribution in [0.25, 0.3) is 11.3 Å². The van der Waals surface area contributed by atoms with Gasteiger partial charge in [-0.3, -0.25) is 4.79 Å². The van der Waals surface area contributed by atoms with Crippen molar-refractivity contribution in [2.45, 2.75) is 6.54 Å². The second kappa shape index (κ2) is 6.92.